The molecule has 2 aliphatic rings. The number of halogens is 1. The number of carbonyl (C=O) groups excluding carboxylic acids is 1. The minimum Gasteiger partial charge on any atom is -0.288 e. The van der Waals surface area contributed by atoms with Crippen LogP contribution in [0.5, 0.6) is 0 Å². The summed E-state index contributed by atoms with van der Waals surface area (Å²) >= 11 is 0. The molecule has 0 saturated carbocycles. The monoisotopic (exact) mass is 374 g/mol. The number of aryl methyl sites for hydroxylation is 1. The van der Waals surface area contributed by atoms with E-state index in [2.05, 4.69) is 0 Å². The van der Waals surface area contributed by atoms with E-state index < -0.39 is 27.7 Å². The molecule has 0 aromatic heterocycles. The Kier molecular flexibility index (Phi) is 3.80. The molecule has 2 heterocycles. The topological polar surface area (TPSA) is 57.7 Å². The van der Waals surface area contributed by atoms with Crippen LogP contribution in [0.4, 0.5) is 20.6 Å². The van der Waals surface area contributed by atoms with Crippen LogP contribution in [-0.2, 0) is 9.84 Å². The molecule has 7 heteroatoms. The van der Waals surface area contributed by atoms with Crippen molar-refractivity contribution in [2.45, 2.75) is 25.9 Å². The van der Waals surface area contributed by atoms with Gasteiger partial charge in [0, 0.05) is 11.4 Å². The maximum Gasteiger partial charge on any atom is 0.329 e. The number of benzene rings is 2. The number of amides is 2. The van der Waals surface area contributed by atoms with Crippen molar-refractivity contribution < 1.29 is 17.6 Å². The zero-order chi connectivity index (χ0) is 18.6. The largest absolute Gasteiger partial charge is 0.329 e. The van der Waals surface area contributed by atoms with Crippen molar-refractivity contribution in [3.8, 4) is 0 Å². The van der Waals surface area contributed by atoms with Crippen LogP contribution in [0.15, 0.2) is 42.5 Å². The molecular formula is C19H19FN2O3S. The van der Waals surface area contributed by atoms with Crippen LogP contribution in [-0.4, -0.2) is 38.0 Å². The number of carbonyl (C=O) groups is 1. The number of nitrogens with zero attached hydrogens (tertiary/aromatic N) is 2. The quantitative estimate of drug-likeness (QED) is 0.759. The number of urea groups is 1. The molecular weight excluding hydrogens is 355 g/mol. The van der Waals surface area contributed by atoms with Gasteiger partial charge in [-0.2, -0.15) is 0 Å². The Morgan fingerprint density at radius 1 is 0.962 bits per heavy atom. The Morgan fingerprint density at radius 2 is 1.58 bits per heavy atom. The minimum atomic E-state index is -3.25. The Morgan fingerprint density at radius 3 is 2.23 bits per heavy atom. The van der Waals surface area contributed by atoms with Gasteiger partial charge < -0.3 is 0 Å². The molecule has 2 aromatic carbocycles. The molecule has 136 valence electrons. The predicted octanol–water partition coefficient (Wildman–Crippen LogP) is 3.05. The van der Waals surface area contributed by atoms with Gasteiger partial charge in [0.1, 0.15) is 5.82 Å². The molecule has 0 bridgehead atoms. The second kappa shape index (κ2) is 5.81. The van der Waals surface area contributed by atoms with Crippen LogP contribution >= 0.6 is 0 Å². The third kappa shape index (κ3) is 2.58. The van der Waals surface area contributed by atoms with Crippen molar-refractivity contribution in [2.24, 2.45) is 0 Å². The number of hydrogen-bond donors (Lipinski definition) is 0. The van der Waals surface area contributed by atoms with Crippen molar-refractivity contribution in [1.29, 1.82) is 0 Å². The van der Waals surface area contributed by atoms with Gasteiger partial charge in [0.2, 0.25) is 0 Å². The molecule has 0 aliphatic carbocycles. The van der Waals surface area contributed by atoms with Crippen LogP contribution in [0.3, 0.4) is 0 Å². The first-order valence-electron chi connectivity index (χ1n) is 8.43. The van der Waals surface area contributed by atoms with Gasteiger partial charge in [-0.05, 0) is 55.3 Å². The molecule has 2 aromatic rings. The first kappa shape index (κ1) is 17.0. The van der Waals surface area contributed by atoms with E-state index in [-0.39, 0.29) is 17.5 Å². The lowest BCUT2D eigenvalue weighted by Crippen LogP contribution is -2.38. The van der Waals surface area contributed by atoms with Gasteiger partial charge >= 0.3 is 6.03 Å². The highest BCUT2D eigenvalue weighted by molar-refractivity contribution is 7.91. The Bertz CT molecular complexity index is 988. The molecule has 0 N–H and O–H groups in total. The molecule has 0 spiro atoms. The third-order valence-electron chi connectivity index (χ3n) is 5.31. The van der Waals surface area contributed by atoms with Gasteiger partial charge in [-0.3, -0.25) is 9.80 Å². The van der Waals surface area contributed by atoms with Gasteiger partial charge in [0.25, 0.3) is 0 Å². The van der Waals surface area contributed by atoms with E-state index >= 15 is 0 Å². The smallest absolute Gasteiger partial charge is 0.288 e. The maximum atomic E-state index is 13.3. The average Bonchev–Trinajstić information content (AvgIpc) is 3.01. The molecule has 0 unspecified atom stereocenters. The summed E-state index contributed by atoms with van der Waals surface area (Å²) in [7, 11) is -3.25. The maximum absolute atomic E-state index is 13.3. The van der Waals surface area contributed by atoms with E-state index in [1.807, 2.05) is 32.0 Å². The summed E-state index contributed by atoms with van der Waals surface area (Å²) in [5.41, 5.74) is 3.22. The molecule has 26 heavy (non-hydrogen) atoms. The molecule has 2 fully saturated rings. The number of anilines is 2. The van der Waals surface area contributed by atoms with Crippen LogP contribution in [0.2, 0.25) is 0 Å². The van der Waals surface area contributed by atoms with Crippen LogP contribution in [0.1, 0.15) is 11.1 Å². The van der Waals surface area contributed by atoms with E-state index in [0.717, 1.165) is 16.8 Å². The van der Waals surface area contributed by atoms with E-state index in [1.165, 1.54) is 29.2 Å². The summed E-state index contributed by atoms with van der Waals surface area (Å²) in [6.07, 6.45) is 0. The van der Waals surface area contributed by atoms with Crippen molar-refractivity contribution in [2.75, 3.05) is 21.3 Å². The second-order valence-electron chi connectivity index (χ2n) is 6.93. The van der Waals surface area contributed by atoms with Crippen molar-refractivity contribution >= 4 is 27.2 Å². The molecule has 2 atom stereocenters. The second-order valence-corrected chi connectivity index (χ2v) is 9.08. The zero-order valence-electron chi connectivity index (χ0n) is 14.5. The highest BCUT2D eigenvalue weighted by Gasteiger charge is 2.54. The predicted molar refractivity (Wildman–Crippen MR) is 98.9 cm³/mol. The average molecular weight is 374 g/mol. The molecule has 4 rings (SSSR count). The van der Waals surface area contributed by atoms with Gasteiger partial charge in [-0.25, -0.2) is 17.6 Å². The minimum absolute atomic E-state index is 0.0610. The lowest BCUT2D eigenvalue weighted by atomic mass is 10.1. The zero-order valence-corrected chi connectivity index (χ0v) is 15.3. The van der Waals surface area contributed by atoms with Gasteiger partial charge in [0.05, 0.1) is 23.6 Å². The molecule has 2 amide bonds. The highest BCUT2D eigenvalue weighted by Crippen LogP contribution is 2.39. The van der Waals surface area contributed by atoms with Crippen molar-refractivity contribution in [1.82, 2.24) is 0 Å². The van der Waals surface area contributed by atoms with Crippen molar-refractivity contribution in [3.63, 3.8) is 0 Å². The Labute approximate surface area is 152 Å². The SMILES string of the molecule is Cc1cccc(N2C(=O)N(c3ccc(F)cc3)[C@@H]3CS(=O)(=O)C[C@H]32)c1C. The van der Waals surface area contributed by atoms with E-state index in [1.54, 1.807) is 4.90 Å². The number of hydrogen-bond acceptors (Lipinski definition) is 3. The summed E-state index contributed by atoms with van der Waals surface area (Å²) in [5, 5.41) is 0. The van der Waals surface area contributed by atoms with Crippen LogP contribution in [0.25, 0.3) is 0 Å². The fourth-order valence-electron chi connectivity index (χ4n) is 3.89. The van der Waals surface area contributed by atoms with Gasteiger partial charge in [-0.15, -0.1) is 0 Å². The fraction of sp³-hybridized carbons (Fsp3) is 0.316. The Balaban J connectivity index is 1.84. The van der Waals surface area contributed by atoms with Crippen LogP contribution in [0, 0.1) is 19.7 Å². The Hall–Kier alpha value is -2.41. The lowest BCUT2D eigenvalue weighted by Gasteiger charge is -2.24. The number of sulfone groups is 1. The molecule has 2 aliphatic heterocycles. The van der Waals surface area contributed by atoms with E-state index in [0.29, 0.717) is 5.69 Å². The summed E-state index contributed by atoms with van der Waals surface area (Å²) in [6, 6.07) is 10.1. The molecule has 2 saturated heterocycles. The number of fused-ring (bicyclic) bond motifs is 1. The summed E-state index contributed by atoms with van der Waals surface area (Å²) in [4.78, 5) is 16.3. The van der Waals surface area contributed by atoms with Crippen LogP contribution < -0.4 is 9.80 Å². The first-order valence-corrected chi connectivity index (χ1v) is 10.3. The highest BCUT2D eigenvalue weighted by atomic mass is 32.2. The first-order chi connectivity index (χ1) is 12.3. The summed E-state index contributed by atoms with van der Waals surface area (Å²) in [5.74, 6) is -0.543. The van der Waals surface area contributed by atoms with E-state index in [9.17, 15) is 17.6 Å². The van der Waals surface area contributed by atoms with Gasteiger partial charge in [-0.1, -0.05) is 12.1 Å². The summed E-state index contributed by atoms with van der Waals surface area (Å²) < 4.78 is 37.9. The fourth-order valence-corrected chi connectivity index (χ4v) is 5.80. The van der Waals surface area contributed by atoms with Crippen molar-refractivity contribution in [3.05, 3.63) is 59.4 Å². The molecule has 0 radical (unpaired) electrons. The lowest BCUT2D eigenvalue weighted by molar-refractivity contribution is 0.255. The molecule has 5 nitrogen and oxygen atoms in total. The summed E-state index contributed by atoms with van der Waals surface area (Å²) in [6.45, 7) is 3.89. The number of rotatable bonds is 2. The third-order valence-corrected chi connectivity index (χ3v) is 7.01. The normalized spacial score (nSPS) is 24.2. The van der Waals surface area contributed by atoms with E-state index in [4.69, 9.17) is 0 Å². The standard InChI is InChI=1S/C19H19FN2O3S/c1-12-4-3-5-16(13(12)2)22-18-11-26(24,25)10-17(18)21(19(22)23)15-8-6-14(20)7-9-15/h3-9,17-18H,10-11H2,1-2H3/t17-,18-/m1/s1. The van der Waals surface area contributed by atoms with Gasteiger partial charge in [0.15, 0.2) is 9.84 Å².